The van der Waals surface area contributed by atoms with Crippen molar-refractivity contribution in [3.05, 3.63) is 0 Å². The molecule has 0 saturated carbocycles. The highest BCUT2D eigenvalue weighted by Crippen LogP contribution is 2.60. The first-order valence-electron chi connectivity index (χ1n) is 6.49. The Morgan fingerprint density at radius 2 is 1.11 bits per heavy atom. The fourth-order valence-electron chi connectivity index (χ4n) is 1.54. The third-order valence-corrected chi connectivity index (χ3v) is 3.80. The lowest BCUT2D eigenvalue weighted by Gasteiger charge is -2.39. The maximum atomic E-state index is 13.3. The van der Waals surface area contributed by atoms with Crippen molar-refractivity contribution >= 4 is 28.5 Å². The highest BCUT2D eigenvalue weighted by molar-refractivity contribution is 14.1. The van der Waals surface area contributed by atoms with E-state index in [2.05, 4.69) is 0 Å². The number of carbonyl (C=O) groups is 1. The molecule has 0 aromatic rings. The molecule has 1 N–H and O–H groups in total. The molecule has 27 heavy (non-hydrogen) atoms. The summed E-state index contributed by atoms with van der Waals surface area (Å²) in [6.45, 7) is -0.797. The molecule has 0 aliphatic rings. The van der Waals surface area contributed by atoms with Gasteiger partial charge in [0.1, 0.15) is 0 Å². The van der Waals surface area contributed by atoms with Crippen LogP contribution in [-0.4, -0.2) is 52.7 Å². The number of rotatable bonds is 9. The lowest BCUT2D eigenvalue weighted by molar-refractivity contribution is -0.440. The predicted octanol–water partition coefficient (Wildman–Crippen LogP) is 5.06. The molecule has 0 rings (SSSR count). The van der Waals surface area contributed by atoms with Gasteiger partial charge in [-0.25, -0.2) is 0 Å². The smallest absolute Gasteiger partial charge is 0.355 e. The van der Waals surface area contributed by atoms with Crippen LogP contribution in [0.25, 0.3) is 0 Å². The number of hydrogen-bond donors (Lipinski definition) is 1. The number of alkyl halides is 14. The molecule has 0 aromatic carbocycles. The largest absolute Gasteiger partial charge is 0.460 e. The van der Waals surface area contributed by atoms with E-state index in [0.29, 0.717) is 0 Å². The highest BCUT2D eigenvalue weighted by Gasteiger charge is 2.90. The van der Waals surface area contributed by atoms with Crippen molar-refractivity contribution in [2.75, 3.05) is 11.0 Å². The van der Waals surface area contributed by atoms with Gasteiger partial charge in [0.2, 0.25) is 5.91 Å². The van der Waals surface area contributed by atoms with Crippen molar-refractivity contribution in [2.45, 2.75) is 48.6 Å². The zero-order valence-corrected chi connectivity index (χ0v) is 14.7. The van der Waals surface area contributed by atoms with E-state index in [1.165, 1.54) is 22.6 Å². The van der Waals surface area contributed by atoms with E-state index in [1.54, 1.807) is 0 Å². The van der Waals surface area contributed by atoms with Crippen LogP contribution in [0.4, 0.5) is 57.1 Å². The lowest BCUT2D eigenvalue weighted by atomic mass is 9.92. The van der Waals surface area contributed by atoms with Crippen molar-refractivity contribution in [2.24, 2.45) is 0 Å². The molecule has 0 aliphatic carbocycles. The minimum atomic E-state index is -7.89. The van der Waals surface area contributed by atoms with E-state index in [-0.39, 0.29) is 4.43 Å². The number of nitrogens with one attached hydrogen (secondary N) is 1. The lowest BCUT2D eigenvalue weighted by Crippen LogP contribution is -2.70. The second-order valence-corrected chi connectivity index (χ2v) is 5.85. The molecule has 0 bridgehead atoms. The summed E-state index contributed by atoms with van der Waals surface area (Å²) in [5.41, 5.74) is 0. The highest BCUT2D eigenvalue weighted by atomic mass is 127. The van der Waals surface area contributed by atoms with Gasteiger partial charge < -0.3 is 5.32 Å². The second kappa shape index (κ2) is 7.96. The summed E-state index contributed by atoms with van der Waals surface area (Å²) in [6, 6.07) is 0. The molecule has 0 fully saturated rings. The summed E-state index contributed by atoms with van der Waals surface area (Å²) in [6.07, 6.45) is -10.9. The summed E-state index contributed by atoms with van der Waals surface area (Å²) in [5.74, 6) is -37.5. The third-order valence-electron chi connectivity index (χ3n) is 3.11. The van der Waals surface area contributed by atoms with Crippen LogP contribution in [0.2, 0.25) is 0 Å². The second-order valence-electron chi connectivity index (χ2n) is 5.09. The fourth-order valence-corrected chi connectivity index (χ4v) is 1.81. The van der Waals surface area contributed by atoms with Gasteiger partial charge in [-0.1, -0.05) is 22.6 Å². The number of amides is 1. The maximum Gasteiger partial charge on any atom is 0.460 e. The van der Waals surface area contributed by atoms with Crippen LogP contribution in [-0.2, 0) is 4.79 Å². The Balaban J connectivity index is 5.64. The van der Waals surface area contributed by atoms with Crippen LogP contribution in [0.5, 0.6) is 0 Å². The van der Waals surface area contributed by atoms with E-state index < -0.39 is 61.1 Å². The van der Waals surface area contributed by atoms with Crippen molar-refractivity contribution in [1.29, 1.82) is 0 Å². The van der Waals surface area contributed by atoms with Crippen LogP contribution in [0.15, 0.2) is 0 Å². The summed E-state index contributed by atoms with van der Waals surface area (Å²) in [5, 5.41) is 1.84. The Morgan fingerprint density at radius 1 is 0.704 bits per heavy atom. The van der Waals surface area contributed by atoms with Crippen molar-refractivity contribution in [1.82, 2.24) is 5.32 Å². The summed E-state index contributed by atoms with van der Waals surface area (Å²) >= 11 is 1.50. The summed E-state index contributed by atoms with van der Waals surface area (Å²) in [4.78, 5) is 10.8. The standard InChI is InChI=1S/C11H9F13INO/c12-6(13,2-1-3-26-5(27)4-25)7(14,15)8(16,17)9(18,19)10(20,21)11(22,23)24/h1-4H2,(H,26,27). The molecule has 0 aliphatic heterocycles. The fraction of sp³-hybridized carbons (Fsp3) is 0.909. The van der Waals surface area contributed by atoms with E-state index in [0.717, 1.165) is 0 Å². The predicted molar refractivity (Wildman–Crippen MR) is 71.9 cm³/mol. The van der Waals surface area contributed by atoms with Crippen molar-refractivity contribution in [3.63, 3.8) is 0 Å². The summed E-state index contributed by atoms with van der Waals surface area (Å²) < 4.78 is 166. The average Bonchev–Trinajstić information content (AvgIpc) is 2.49. The quantitative estimate of drug-likeness (QED) is 0.187. The van der Waals surface area contributed by atoms with Gasteiger partial charge >= 0.3 is 35.8 Å². The van der Waals surface area contributed by atoms with E-state index in [9.17, 15) is 61.9 Å². The molecule has 2 nitrogen and oxygen atoms in total. The maximum absolute atomic E-state index is 13.3. The van der Waals surface area contributed by atoms with E-state index >= 15 is 0 Å². The number of hydrogen-bond acceptors (Lipinski definition) is 1. The van der Waals surface area contributed by atoms with Gasteiger partial charge in [-0.05, 0) is 6.42 Å². The Hall–Kier alpha value is -0.710. The molecule has 0 atom stereocenters. The first-order chi connectivity index (χ1) is 11.7. The Bertz CT molecular complexity index is 531. The van der Waals surface area contributed by atoms with Crippen LogP contribution >= 0.6 is 22.6 Å². The Kier molecular flexibility index (Phi) is 7.75. The molecular formula is C11H9F13INO. The SMILES string of the molecule is O=C(CI)NCCCC(F)(F)C(F)(F)C(F)(F)C(F)(F)C(F)(F)C(F)(F)F. The number of carbonyl (C=O) groups excluding carboxylic acids is 1. The zero-order chi connectivity index (χ0) is 22.1. The molecule has 0 aromatic heterocycles. The number of halogens is 14. The van der Waals surface area contributed by atoms with Crippen molar-refractivity contribution in [3.8, 4) is 0 Å². The molecule has 16 heteroatoms. The molecular weight excluding hydrogens is 536 g/mol. The van der Waals surface area contributed by atoms with Crippen LogP contribution in [0.3, 0.4) is 0 Å². The zero-order valence-electron chi connectivity index (χ0n) is 12.5. The van der Waals surface area contributed by atoms with Gasteiger partial charge in [0.05, 0.1) is 4.43 Å². The first-order valence-corrected chi connectivity index (χ1v) is 8.01. The Morgan fingerprint density at radius 3 is 1.48 bits per heavy atom. The average molecular weight is 545 g/mol. The van der Waals surface area contributed by atoms with Gasteiger partial charge in [0, 0.05) is 13.0 Å². The van der Waals surface area contributed by atoms with E-state index in [1.807, 2.05) is 5.32 Å². The van der Waals surface area contributed by atoms with Gasteiger partial charge in [0.15, 0.2) is 0 Å². The Labute approximate surface area is 156 Å². The van der Waals surface area contributed by atoms with Crippen LogP contribution in [0, 0.1) is 0 Å². The van der Waals surface area contributed by atoms with Gasteiger partial charge in [-0.2, -0.15) is 57.1 Å². The third kappa shape index (κ3) is 4.65. The molecule has 0 heterocycles. The minimum absolute atomic E-state index is 0.207. The minimum Gasteiger partial charge on any atom is -0.355 e. The molecule has 0 saturated heterocycles. The van der Waals surface area contributed by atoms with Crippen LogP contribution in [0.1, 0.15) is 12.8 Å². The molecule has 162 valence electrons. The topological polar surface area (TPSA) is 29.1 Å². The molecule has 0 radical (unpaired) electrons. The first kappa shape index (κ1) is 26.3. The monoisotopic (exact) mass is 545 g/mol. The molecule has 0 unspecified atom stereocenters. The summed E-state index contributed by atoms with van der Waals surface area (Å²) in [7, 11) is 0. The van der Waals surface area contributed by atoms with Crippen molar-refractivity contribution < 1.29 is 61.9 Å². The van der Waals surface area contributed by atoms with Gasteiger partial charge in [-0.3, -0.25) is 4.79 Å². The molecule has 1 amide bonds. The van der Waals surface area contributed by atoms with Gasteiger partial charge in [0.25, 0.3) is 0 Å². The molecule has 0 spiro atoms. The van der Waals surface area contributed by atoms with Crippen LogP contribution < -0.4 is 5.32 Å². The van der Waals surface area contributed by atoms with Gasteiger partial charge in [-0.15, -0.1) is 0 Å². The van der Waals surface area contributed by atoms with E-state index in [4.69, 9.17) is 0 Å². The normalized spacial score (nSPS) is 15.0.